The van der Waals surface area contributed by atoms with E-state index in [0.29, 0.717) is 18.2 Å². The van der Waals surface area contributed by atoms with Gasteiger partial charge in [0.15, 0.2) is 0 Å². The van der Waals surface area contributed by atoms with Crippen LogP contribution in [0.25, 0.3) is 0 Å². The average Bonchev–Trinajstić information content (AvgIpc) is 2.28. The summed E-state index contributed by atoms with van der Waals surface area (Å²) in [7, 11) is -2.86. The van der Waals surface area contributed by atoms with Gasteiger partial charge in [0.2, 0.25) is 0 Å². The molecule has 0 aliphatic rings. The first kappa shape index (κ1) is 16.5. The largest absolute Gasteiger partial charge is 0.229 e. The van der Waals surface area contributed by atoms with E-state index in [1.54, 1.807) is 6.92 Å². The fourth-order valence-corrected chi connectivity index (χ4v) is 3.46. The van der Waals surface area contributed by atoms with Crippen molar-refractivity contribution in [2.45, 2.75) is 39.5 Å². The Hall–Kier alpha value is 0.530. The van der Waals surface area contributed by atoms with Gasteiger partial charge in [-0.2, -0.15) is 0 Å². The minimum atomic E-state index is -2.86. The molecule has 0 aliphatic heterocycles. The fourth-order valence-electron chi connectivity index (χ4n) is 1.77. The second-order valence-electron chi connectivity index (χ2n) is 4.36. The van der Waals surface area contributed by atoms with Gasteiger partial charge in [-0.15, -0.1) is 23.2 Å². The first-order valence-electron chi connectivity index (χ1n) is 5.77. The lowest BCUT2D eigenvalue weighted by atomic mass is 9.83. The van der Waals surface area contributed by atoms with Crippen LogP contribution < -0.4 is 0 Å². The number of sulfone groups is 1. The maximum Gasteiger partial charge on any atom is 0.150 e. The van der Waals surface area contributed by atoms with Gasteiger partial charge < -0.3 is 0 Å². The summed E-state index contributed by atoms with van der Waals surface area (Å²) < 4.78 is 22.7. The number of rotatable bonds is 9. The fraction of sp³-hybridized carbons (Fsp3) is 1.00. The Morgan fingerprint density at radius 1 is 1.06 bits per heavy atom. The first-order chi connectivity index (χ1) is 7.45. The van der Waals surface area contributed by atoms with Gasteiger partial charge >= 0.3 is 0 Å². The summed E-state index contributed by atoms with van der Waals surface area (Å²) in [5.74, 6) is 1.49. The molecule has 0 amide bonds. The predicted octanol–water partition coefficient (Wildman–Crippen LogP) is 3.47. The molecule has 16 heavy (non-hydrogen) atoms. The molecule has 0 aromatic rings. The van der Waals surface area contributed by atoms with Gasteiger partial charge in [-0.25, -0.2) is 8.42 Å². The maximum absolute atomic E-state index is 11.4. The summed E-state index contributed by atoms with van der Waals surface area (Å²) in [6.45, 7) is 3.77. The zero-order valence-corrected chi connectivity index (χ0v) is 12.5. The Bertz CT molecular complexity index is 272. The minimum absolute atomic E-state index is 0.0822. The summed E-state index contributed by atoms with van der Waals surface area (Å²) >= 11 is 11.9. The van der Waals surface area contributed by atoms with Crippen LogP contribution >= 0.6 is 23.2 Å². The number of alkyl halides is 2. The molecule has 5 heteroatoms. The van der Waals surface area contributed by atoms with Crippen molar-refractivity contribution >= 4 is 33.0 Å². The molecule has 0 unspecified atom stereocenters. The molecule has 98 valence electrons. The van der Waals surface area contributed by atoms with E-state index >= 15 is 0 Å². The molecule has 0 radical (unpaired) electrons. The highest BCUT2D eigenvalue weighted by Crippen LogP contribution is 2.32. The van der Waals surface area contributed by atoms with Crippen molar-refractivity contribution in [2.24, 2.45) is 5.41 Å². The van der Waals surface area contributed by atoms with Crippen LogP contribution in [0.4, 0.5) is 0 Å². The third-order valence-corrected chi connectivity index (χ3v) is 5.87. The summed E-state index contributed by atoms with van der Waals surface area (Å²) in [6.07, 6.45) is 3.45. The molecule has 0 atom stereocenters. The molecule has 0 N–H and O–H groups in total. The van der Waals surface area contributed by atoms with Crippen LogP contribution in [0, 0.1) is 5.41 Å². The van der Waals surface area contributed by atoms with Gasteiger partial charge in [0.05, 0.1) is 5.75 Å². The number of hydrogen-bond donors (Lipinski definition) is 0. The van der Waals surface area contributed by atoms with Gasteiger partial charge in [0, 0.05) is 17.5 Å². The molecule has 0 aromatic heterocycles. The highest BCUT2D eigenvalue weighted by atomic mass is 35.5. The second kappa shape index (κ2) is 7.78. The molecular formula is C11H22Cl2O2S. The van der Waals surface area contributed by atoms with Crippen LogP contribution in [0.15, 0.2) is 0 Å². The Morgan fingerprint density at radius 2 is 1.62 bits per heavy atom. The lowest BCUT2D eigenvalue weighted by Gasteiger charge is -2.29. The van der Waals surface area contributed by atoms with Crippen LogP contribution in [-0.2, 0) is 9.84 Å². The van der Waals surface area contributed by atoms with E-state index in [9.17, 15) is 8.42 Å². The van der Waals surface area contributed by atoms with Gasteiger partial charge in [0.1, 0.15) is 9.84 Å². The Labute approximate surface area is 110 Å². The molecular weight excluding hydrogens is 267 g/mol. The summed E-state index contributed by atoms with van der Waals surface area (Å²) in [5.41, 5.74) is -0.0822. The van der Waals surface area contributed by atoms with Gasteiger partial charge in [-0.1, -0.05) is 20.3 Å². The topological polar surface area (TPSA) is 34.1 Å². The van der Waals surface area contributed by atoms with Gasteiger partial charge in [-0.05, 0) is 24.7 Å². The summed E-state index contributed by atoms with van der Waals surface area (Å²) in [5, 5.41) is 0. The van der Waals surface area contributed by atoms with Crippen LogP contribution in [0.3, 0.4) is 0 Å². The average molecular weight is 289 g/mol. The maximum atomic E-state index is 11.4. The molecule has 0 heterocycles. The van der Waals surface area contributed by atoms with E-state index in [1.807, 2.05) is 0 Å². The zero-order chi connectivity index (χ0) is 12.7. The van der Waals surface area contributed by atoms with Crippen molar-refractivity contribution < 1.29 is 8.42 Å². The zero-order valence-electron chi connectivity index (χ0n) is 10.1. The van der Waals surface area contributed by atoms with E-state index in [4.69, 9.17) is 23.2 Å². The summed E-state index contributed by atoms with van der Waals surface area (Å²) in [6, 6.07) is 0. The van der Waals surface area contributed by atoms with Crippen molar-refractivity contribution in [1.82, 2.24) is 0 Å². The van der Waals surface area contributed by atoms with E-state index in [1.165, 1.54) is 0 Å². The molecule has 2 nitrogen and oxygen atoms in total. The predicted molar refractivity (Wildman–Crippen MR) is 72.3 cm³/mol. The van der Waals surface area contributed by atoms with Crippen molar-refractivity contribution in [1.29, 1.82) is 0 Å². The molecule has 0 rings (SSSR count). The first-order valence-corrected chi connectivity index (χ1v) is 8.66. The molecule has 0 saturated carbocycles. The monoisotopic (exact) mass is 288 g/mol. The van der Waals surface area contributed by atoms with E-state index in [-0.39, 0.29) is 16.9 Å². The molecule has 0 bridgehead atoms. The lowest BCUT2D eigenvalue weighted by Crippen LogP contribution is -2.26. The van der Waals surface area contributed by atoms with Crippen molar-refractivity contribution in [2.75, 3.05) is 23.3 Å². The molecule has 0 saturated heterocycles. The van der Waals surface area contributed by atoms with Crippen LogP contribution in [0.1, 0.15) is 39.5 Å². The van der Waals surface area contributed by atoms with Crippen molar-refractivity contribution in [3.05, 3.63) is 0 Å². The molecule has 0 aromatic carbocycles. The molecule has 0 aliphatic carbocycles. The third-order valence-electron chi connectivity index (χ3n) is 2.95. The van der Waals surface area contributed by atoms with E-state index in [0.717, 1.165) is 19.3 Å². The normalized spacial score (nSPS) is 13.0. The van der Waals surface area contributed by atoms with Crippen LogP contribution in [-0.4, -0.2) is 31.7 Å². The smallest absolute Gasteiger partial charge is 0.150 e. The molecule has 0 fully saturated rings. The Morgan fingerprint density at radius 3 is 2.00 bits per heavy atom. The highest BCUT2D eigenvalue weighted by Gasteiger charge is 2.27. The number of halogens is 2. The SMILES string of the molecule is CCCC(CCl)(CCl)CCCS(=O)(=O)CC. The molecule has 0 spiro atoms. The third kappa shape index (κ3) is 5.74. The quantitative estimate of drug-likeness (QED) is 0.609. The van der Waals surface area contributed by atoms with E-state index in [2.05, 4.69) is 6.92 Å². The summed E-state index contributed by atoms with van der Waals surface area (Å²) in [4.78, 5) is 0. The van der Waals surface area contributed by atoms with Crippen LogP contribution in [0.5, 0.6) is 0 Å². The lowest BCUT2D eigenvalue weighted by molar-refractivity contribution is 0.313. The Balaban J connectivity index is 4.23. The minimum Gasteiger partial charge on any atom is -0.229 e. The van der Waals surface area contributed by atoms with Crippen molar-refractivity contribution in [3.8, 4) is 0 Å². The van der Waals surface area contributed by atoms with Crippen molar-refractivity contribution in [3.63, 3.8) is 0 Å². The number of hydrogen-bond acceptors (Lipinski definition) is 2. The standard InChI is InChI=1S/C11H22Cl2O2S/c1-3-6-11(9-12,10-13)7-5-8-16(14,15)4-2/h3-10H2,1-2H3. The van der Waals surface area contributed by atoms with E-state index < -0.39 is 9.84 Å². The second-order valence-corrected chi connectivity index (χ2v) is 7.36. The van der Waals surface area contributed by atoms with Gasteiger partial charge in [-0.3, -0.25) is 0 Å². The van der Waals surface area contributed by atoms with Gasteiger partial charge in [0.25, 0.3) is 0 Å². The highest BCUT2D eigenvalue weighted by molar-refractivity contribution is 7.91. The Kier molecular flexibility index (Phi) is 8.04. The van der Waals surface area contributed by atoms with Crippen LogP contribution in [0.2, 0.25) is 0 Å².